The number of aliphatic hydroxyl groups excluding tert-OH is 1. The fourth-order valence-electron chi connectivity index (χ4n) is 6.16. The average molecular weight is 527 g/mol. The van der Waals surface area contributed by atoms with Gasteiger partial charge in [-0.05, 0) is 43.0 Å². The summed E-state index contributed by atoms with van der Waals surface area (Å²) in [5.74, 6) is -1.74. The molecule has 5 rings (SSSR count). The highest BCUT2D eigenvalue weighted by Crippen LogP contribution is 2.61. The lowest BCUT2D eigenvalue weighted by Gasteiger charge is -2.39. The van der Waals surface area contributed by atoms with E-state index < -0.39 is 28.7 Å². The van der Waals surface area contributed by atoms with Crippen LogP contribution in [0.3, 0.4) is 0 Å². The number of aliphatic hydroxyl groups is 1. The normalized spacial score (nSPS) is 33.1. The monoisotopic (exact) mass is 526 g/mol. The lowest BCUT2D eigenvalue weighted by atomic mass is 9.78. The molecule has 2 fully saturated rings. The van der Waals surface area contributed by atoms with Crippen LogP contribution in [0.15, 0.2) is 48.6 Å². The zero-order valence-corrected chi connectivity index (χ0v) is 22.2. The summed E-state index contributed by atoms with van der Waals surface area (Å²) in [4.78, 5) is 45.3. The summed E-state index contributed by atoms with van der Waals surface area (Å²) < 4.78 is 9.94. The first-order valence-electron chi connectivity index (χ1n) is 12.9. The smallest absolute Gasteiger partial charge is 0.311 e. The van der Waals surface area contributed by atoms with Crippen LogP contribution in [-0.4, -0.2) is 76.7 Å². The molecule has 4 aliphatic rings. The predicted octanol–water partition coefficient (Wildman–Crippen LogP) is 2.81. The van der Waals surface area contributed by atoms with Gasteiger partial charge in [-0.25, -0.2) is 0 Å². The average Bonchev–Trinajstić information content (AvgIpc) is 3.29. The molecule has 6 atom stereocenters. The number of anilines is 1. The van der Waals surface area contributed by atoms with Crippen molar-refractivity contribution < 1.29 is 29.0 Å². The molecule has 1 unspecified atom stereocenters. The van der Waals surface area contributed by atoms with Crippen LogP contribution in [0.25, 0.3) is 0 Å². The minimum Gasteiger partial charge on any atom is -0.497 e. The third-order valence-corrected chi connectivity index (χ3v) is 9.73. The second-order valence-electron chi connectivity index (χ2n) is 10.4. The van der Waals surface area contributed by atoms with Crippen molar-refractivity contribution in [3.63, 3.8) is 0 Å². The summed E-state index contributed by atoms with van der Waals surface area (Å²) >= 11 is 1.51. The molecule has 1 N–H and O–H groups in total. The Morgan fingerprint density at radius 1 is 1.16 bits per heavy atom. The van der Waals surface area contributed by atoms with E-state index in [9.17, 15) is 19.5 Å². The highest BCUT2D eigenvalue weighted by molar-refractivity contribution is 8.02. The molecule has 4 aliphatic heterocycles. The van der Waals surface area contributed by atoms with Gasteiger partial charge < -0.3 is 24.4 Å². The van der Waals surface area contributed by atoms with E-state index in [4.69, 9.17) is 9.47 Å². The number of allylic oxidation sites excluding steroid dienone is 1. The number of likely N-dealkylation sites (tertiary alicyclic amines) is 1. The number of hydrogen-bond donors (Lipinski definition) is 1. The third-order valence-electron chi connectivity index (χ3n) is 7.99. The number of esters is 1. The molecule has 2 amide bonds. The van der Waals surface area contributed by atoms with E-state index in [1.54, 1.807) is 29.0 Å². The number of thioether (sulfide) groups is 1. The van der Waals surface area contributed by atoms with Crippen LogP contribution in [0.4, 0.5) is 5.69 Å². The van der Waals surface area contributed by atoms with Gasteiger partial charge in [-0.3, -0.25) is 14.4 Å². The van der Waals surface area contributed by atoms with E-state index in [2.05, 4.69) is 6.08 Å². The van der Waals surface area contributed by atoms with E-state index in [1.807, 2.05) is 44.2 Å². The molecule has 2 saturated heterocycles. The van der Waals surface area contributed by atoms with Gasteiger partial charge in [0, 0.05) is 17.5 Å². The topological polar surface area (TPSA) is 96.4 Å². The molecule has 1 spiro atoms. The fraction of sp³-hybridized carbons (Fsp3) is 0.536. The van der Waals surface area contributed by atoms with Crippen molar-refractivity contribution in [1.82, 2.24) is 4.90 Å². The molecule has 4 heterocycles. The van der Waals surface area contributed by atoms with Crippen LogP contribution in [0.2, 0.25) is 0 Å². The number of carbonyl (C=O) groups is 3. The number of methoxy groups -OCH3 is 1. The van der Waals surface area contributed by atoms with Crippen molar-refractivity contribution in [2.75, 3.05) is 31.8 Å². The molecule has 198 valence electrons. The number of rotatable bonds is 5. The maximum Gasteiger partial charge on any atom is 0.311 e. The molecule has 0 radical (unpaired) electrons. The van der Waals surface area contributed by atoms with E-state index in [-0.39, 0.29) is 35.6 Å². The van der Waals surface area contributed by atoms with Gasteiger partial charge in [-0.15, -0.1) is 11.8 Å². The maximum atomic E-state index is 14.4. The van der Waals surface area contributed by atoms with Crippen LogP contribution in [0.5, 0.6) is 5.75 Å². The second kappa shape index (κ2) is 10.2. The summed E-state index contributed by atoms with van der Waals surface area (Å²) in [6.45, 7) is 4.23. The SMILES string of the molecule is COc1ccc(N2CC=C[C@]34S[C@@H]5/C=C\CCCOC(=O)[C@@H]5[C@H]3C(=O)N([C@@H](CO)C(C)C)C4C2=O)cc1. The lowest BCUT2D eigenvalue weighted by Crippen LogP contribution is -2.57. The number of hydrogen-bond acceptors (Lipinski definition) is 7. The van der Waals surface area contributed by atoms with E-state index in [0.29, 0.717) is 24.6 Å². The van der Waals surface area contributed by atoms with Gasteiger partial charge in [0.05, 0.1) is 42.9 Å². The van der Waals surface area contributed by atoms with Gasteiger partial charge >= 0.3 is 5.97 Å². The molecule has 1 aromatic carbocycles. The van der Waals surface area contributed by atoms with E-state index in [1.165, 1.54) is 11.8 Å². The summed E-state index contributed by atoms with van der Waals surface area (Å²) in [5, 5.41) is 10.1. The largest absolute Gasteiger partial charge is 0.497 e. The Hall–Kier alpha value is -2.78. The van der Waals surface area contributed by atoms with Crippen molar-refractivity contribution in [3.8, 4) is 5.75 Å². The number of nitrogens with zero attached hydrogens (tertiary/aromatic N) is 2. The Balaban J connectivity index is 1.64. The van der Waals surface area contributed by atoms with Crippen LogP contribution in [-0.2, 0) is 19.1 Å². The molecular weight excluding hydrogens is 492 g/mol. The number of ether oxygens (including phenoxy) is 2. The van der Waals surface area contributed by atoms with Crippen molar-refractivity contribution in [1.29, 1.82) is 0 Å². The Labute approximate surface area is 221 Å². The number of cyclic esters (lactones) is 1. The summed E-state index contributed by atoms with van der Waals surface area (Å²) in [7, 11) is 1.59. The fourth-order valence-corrected chi connectivity index (χ4v) is 8.15. The molecule has 0 saturated carbocycles. The molecule has 0 aromatic heterocycles. The van der Waals surface area contributed by atoms with Crippen molar-refractivity contribution >= 4 is 35.2 Å². The van der Waals surface area contributed by atoms with E-state index in [0.717, 1.165) is 12.8 Å². The van der Waals surface area contributed by atoms with Crippen LogP contribution in [0.1, 0.15) is 26.7 Å². The van der Waals surface area contributed by atoms with Crippen molar-refractivity contribution in [2.45, 2.75) is 48.8 Å². The van der Waals surface area contributed by atoms with Gasteiger partial charge in [-0.2, -0.15) is 0 Å². The van der Waals surface area contributed by atoms with Crippen molar-refractivity contribution in [3.05, 3.63) is 48.6 Å². The van der Waals surface area contributed by atoms with Gasteiger partial charge in [0.15, 0.2) is 0 Å². The first kappa shape index (κ1) is 25.9. The highest BCUT2D eigenvalue weighted by atomic mass is 32.2. The Bertz CT molecular complexity index is 1120. The standard InChI is InChI=1S/C28H34N2O6S/c1-17(2)20(16-31)30-24-26(33)29(18-9-11-19(35-3)12-10-18)14-7-13-28(24)23(25(30)32)22-21(37-28)8-5-4-6-15-36-27(22)34/h5,7-13,17,20-24,31H,4,6,14-16H2,1-3H3/b8-5-/t20-,21+,22-,23-,24?,28-/m0/s1. The number of carbonyl (C=O) groups excluding carboxylic acids is 3. The summed E-state index contributed by atoms with van der Waals surface area (Å²) in [6, 6.07) is 5.82. The Morgan fingerprint density at radius 3 is 2.59 bits per heavy atom. The van der Waals surface area contributed by atoms with Crippen LogP contribution >= 0.6 is 11.8 Å². The number of amides is 2. The number of fused-ring (bicyclic) bond motifs is 2. The van der Waals surface area contributed by atoms with Gasteiger partial charge in [0.1, 0.15) is 11.8 Å². The molecule has 0 bridgehead atoms. The number of benzene rings is 1. The molecular formula is C28H34N2O6S. The summed E-state index contributed by atoms with van der Waals surface area (Å²) in [5.41, 5.74) is 0.693. The Morgan fingerprint density at radius 2 is 1.92 bits per heavy atom. The molecule has 0 aliphatic carbocycles. The van der Waals surface area contributed by atoms with Crippen molar-refractivity contribution in [2.24, 2.45) is 17.8 Å². The maximum absolute atomic E-state index is 14.4. The first-order chi connectivity index (χ1) is 17.8. The van der Waals surface area contributed by atoms with Crippen LogP contribution < -0.4 is 9.64 Å². The second-order valence-corrected chi connectivity index (χ2v) is 11.9. The van der Waals surface area contributed by atoms with Gasteiger partial charge in [-0.1, -0.05) is 38.2 Å². The molecule has 8 nitrogen and oxygen atoms in total. The third kappa shape index (κ3) is 4.16. The zero-order valence-electron chi connectivity index (χ0n) is 21.4. The Kier molecular flexibility index (Phi) is 7.11. The quantitative estimate of drug-likeness (QED) is 0.466. The van der Waals surface area contributed by atoms with Crippen LogP contribution in [0, 0.1) is 17.8 Å². The predicted molar refractivity (Wildman–Crippen MR) is 141 cm³/mol. The summed E-state index contributed by atoms with van der Waals surface area (Å²) in [6.07, 6.45) is 9.50. The highest BCUT2D eigenvalue weighted by Gasteiger charge is 2.71. The minimum absolute atomic E-state index is 0.0903. The minimum atomic E-state index is -0.949. The van der Waals surface area contributed by atoms with Gasteiger partial charge in [0.25, 0.3) is 5.91 Å². The molecule has 1 aromatic rings. The molecule has 9 heteroatoms. The zero-order chi connectivity index (χ0) is 26.3. The first-order valence-corrected chi connectivity index (χ1v) is 13.8. The lowest BCUT2D eigenvalue weighted by molar-refractivity contribution is -0.153. The van der Waals surface area contributed by atoms with Gasteiger partial charge in [0.2, 0.25) is 5.91 Å². The molecule has 37 heavy (non-hydrogen) atoms. The van der Waals surface area contributed by atoms with E-state index >= 15 is 0 Å².